The minimum Gasteiger partial charge on any atom is -0.303 e. The molecule has 1 heterocycles. The molecule has 14 heavy (non-hydrogen) atoms. The predicted octanol–water partition coefficient (Wildman–Crippen LogP) is 1.85. The van der Waals surface area contributed by atoms with Gasteiger partial charge in [0.1, 0.15) is 11.6 Å². The van der Waals surface area contributed by atoms with Gasteiger partial charge in [-0.3, -0.25) is 4.79 Å². The summed E-state index contributed by atoms with van der Waals surface area (Å²) in [6, 6.07) is 6.43. The summed E-state index contributed by atoms with van der Waals surface area (Å²) in [6.45, 7) is 0.360. The monoisotopic (exact) mass is 215 g/mol. The van der Waals surface area contributed by atoms with Crippen molar-refractivity contribution in [3.8, 4) is 0 Å². The van der Waals surface area contributed by atoms with Gasteiger partial charge in [-0.25, -0.2) is 4.39 Å². The molecule has 1 aliphatic rings. The minimum absolute atomic E-state index is 0. The molecule has 1 atom stereocenters. The molecule has 76 valence electrons. The molecule has 4 heteroatoms. The molecule has 0 radical (unpaired) electrons. The predicted molar refractivity (Wildman–Crippen MR) is 54.0 cm³/mol. The van der Waals surface area contributed by atoms with Crippen LogP contribution in [0.25, 0.3) is 0 Å². The van der Waals surface area contributed by atoms with Crippen molar-refractivity contribution < 1.29 is 9.18 Å². The first-order valence-electron chi connectivity index (χ1n) is 4.27. The van der Waals surface area contributed by atoms with E-state index in [1.165, 1.54) is 6.07 Å². The number of rotatable bonds is 1. The maximum Gasteiger partial charge on any atom is 0.148 e. The molecule has 1 fully saturated rings. The van der Waals surface area contributed by atoms with Crippen molar-refractivity contribution in [2.75, 3.05) is 6.54 Å². The van der Waals surface area contributed by atoms with Crippen LogP contribution >= 0.6 is 12.4 Å². The first-order valence-corrected chi connectivity index (χ1v) is 4.27. The number of benzene rings is 1. The highest BCUT2D eigenvalue weighted by Crippen LogP contribution is 2.23. The third kappa shape index (κ3) is 2.11. The lowest BCUT2D eigenvalue weighted by molar-refractivity contribution is -0.116. The molecule has 1 aromatic carbocycles. The highest BCUT2D eigenvalue weighted by molar-refractivity contribution is 5.85. The largest absolute Gasteiger partial charge is 0.303 e. The van der Waals surface area contributed by atoms with Crippen LogP contribution in [0.5, 0.6) is 0 Å². The van der Waals surface area contributed by atoms with Crippen LogP contribution in [0.1, 0.15) is 18.0 Å². The minimum atomic E-state index is -0.241. The van der Waals surface area contributed by atoms with Crippen LogP contribution in [0.15, 0.2) is 24.3 Å². The van der Waals surface area contributed by atoms with Gasteiger partial charge in [-0.05, 0) is 6.07 Å². The summed E-state index contributed by atoms with van der Waals surface area (Å²) in [5.41, 5.74) is 0.591. The van der Waals surface area contributed by atoms with Crippen molar-refractivity contribution in [1.29, 1.82) is 0 Å². The third-order valence-electron chi connectivity index (χ3n) is 2.26. The Kier molecular flexibility index (Phi) is 3.61. The molecular formula is C10H11ClFNO. The van der Waals surface area contributed by atoms with Crippen LogP contribution in [-0.4, -0.2) is 12.3 Å². The van der Waals surface area contributed by atoms with Gasteiger partial charge in [0.2, 0.25) is 0 Å². The lowest BCUT2D eigenvalue weighted by Crippen LogP contribution is -2.14. The normalized spacial score (nSPS) is 20.6. The summed E-state index contributed by atoms with van der Waals surface area (Å²) in [7, 11) is 0. The molecule has 2 rings (SSSR count). The van der Waals surface area contributed by atoms with Gasteiger partial charge in [0.25, 0.3) is 0 Å². The standard InChI is InChI=1S/C10H10FNO.ClH/c11-9-4-2-1-3-8(9)10-5-7(13)6-12-10;/h1-4,10,12H,5-6H2;1H. The highest BCUT2D eigenvalue weighted by atomic mass is 35.5. The molecule has 1 aliphatic heterocycles. The van der Waals surface area contributed by atoms with Gasteiger partial charge >= 0.3 is 0 Å². The molecule has 0 aliphatic carbocycles. The summed E-state index contributed by atoms with van der Waals surface area (Å²) in [5, 5.41) is 2.97. The SMILES string of the molecule is Cl.O=C1CNC(c2ccccc2F)C1. The topological polar surface area (TPSA) is 29.1 Å². The number of carbonyl (C=O) groups is 1. The number of ketones is 1. The van der Waals surface area contributed by atoms with E-state index < -0.39 is 0 Å². The average Bonchev–Trinajstić information content (AvgIpc) is 2.53. The second kappa shape index (κ2) is 4.53. The fourth-order valence-electron chi connectivity index (χ4n) is 1.59. The van der Waals surface area contributed by atoms with Crippen molar-refractivity contribution in [3.63, 3.8) is 0 Å². The van der Waals surface area contributed by atoms with E-state index in [4.69, 9.17) is 0 Å². The van der Waals surface area contributed by atoms with E-state index in [2.05, 4.69) is 5.32 Å². The molecule has 0 saturated carbocycles. The van der Waals surface area contributed by atoms with Crippen LogP contribution < -0.4 is 5.32 Å². The number of halogens is 2. The van der Waals surface area contributed by atoms with E-state index in [1.807, 2.05) is 0 Å². The molecule has 0 amide bonds. The van der Waals surface area contributed by atoms with Crippen molar-refractivity contribution in [3.05, 3.63) is 35.6 Å². The van der Waals surface area contributed by atoms with Gasteiger partial charge in [0, 0.05) is 18.0 Å². The Hall–Kier alpha value is -0.930. The zero-order chi connectivity index (χ0) is 9.26. The third-order valence-corrected chi connectivity index (χ3v) is 2.26. The second-order valence-electron chi connectivity index (χ2n) is 3.20. The van der Waals surface area contributed by atoms with Gasteiger partial charge in [-0.1, -0.05) is 18.2 Å². The molecule has 2 nitrogen and oxygen atoms in total. The zero-order valence-corrected chi connectivity index (χ0v) is 8.31. The van der Waals surface area contributed by atoms with Crippen molar-refractivity contribution in [2.24, 2.45) is 0 Å². The van der Waals surface area contributed by atoms with Gasteiger partial charge in [0.05, 0.1) is 6.54 Å². The number of hydrogen-bond acceptors (Lipinski definition) is 2. The summed E-state index contributed by atoms with van der Waals surface area (Å²) in [6.07, 6.45) is 0.404. The zero-order valence-electron chi connectivity index (χ0n) is 7.50. The Morgan fingerprint density at radius 1 is 1.36 bits per heavy atom. The quantitative estimate of drug-likeness (QED) is 0.775. The maximum atomic E-state index is 13.2. The van der Waals surface area contributed by atoms with Crippen LogP contribution in [0.4, 0.5) is 4.39 Å². The fraction of sp³-hybridized carbons (Fsp3) is 0.300. The van der Waals surface area contributed by atoms with Crippen molar-refractivity contribution >= 4 is 18.2 Å². The van der Waals surface area contributed by atoms with Crippen LogP contribution in [0.3, 0.4) is 0 Å². The first kappa shape index (κ1) is 11.1. The summed E-state index contributed by atoms with van der Waals surface area (Å²) in [4.78, 5) is 11.0. The number of Topliss-reactive ketones (excluding diaryl/α,β-unsaturated/α-hetero) is 1. The Balaban J connectivity index is 0.000000980. The summed E-state index contributed by atoms with van der Waals surface area (Å²) in [5.74, 6) is -0.0945. The molecule has 0 spiro atoms. The fourth-order valence-corrected chi connectivity index (χ4v) is 1.59. The van der Waals surface area contributed by atoms with Crippen LogP contribution in [-0.2, 0) is 4.79 Å². The number of carbonyl (C=O) groups excluding carboxylic acids is 1. The van der Waals surface area contributed by atoms with E-state index in [9.17, 15) is 9.18 Å². The van der Waals surface area contributed by atoms with E-state index >= 15 is 0 Å². The number of nitrogens with one attached hydrogen (secondary N) is 1. The smallest absolute Gasteiger partial charge is 0.148 e. The van der Waals surface area contributed by atoms with Gasteiger partial charge in [0.15, 0.2) is 0 Å². The highest BCUT2D eigenvalue weighted by Gasteiger charge is 2.24. The molecular weight excluding hydrogens is 205 g/mol. The second-order valence-corrected chi connectivity index (χ2v) is 3.20. The molecule has 0 bridgehead atoms. The molecule has 1 saturated heterocycles. The Bertz CT molecular complexity index is 343. The molecule has 1 aromatic rings. The van der Waals surface area contributed by atoms with E-state index in [1.54, 1.807) is 18.2 Å². The Morgan fingerprint density at radius 3 is 2.64 bits per heavy atom. The van der Waals surface area contributed by atoms with Gasteiger partial charge in [-0.15, -0.1) is 12.4 Å². The first-order chi connectivity index (χ1) is 6.27. The van der Waals surface area contributed by atoms with Crippen molar-refractivity contribution in [1.82, 2.24) is 5.32 Å². The van der Waals surface area contributed by atoms with Crippen LogP contribution in [0, 0.1) is 5.82 Å². The van der Waals surface area contributed by atoms with E-state index in [0.717, 1.165) is 0 Å². The van der Waals surface area contributed by atoms with Gasteiger partial charge in [-0.2, -0.15) is 0 Å². The average molecular weight is 216 g/mol. The molecule has 1 unspecified atom stereocenters. The lowest BCUT2D eigenvalue weighted by atomic mass is 10.0. The Labute approximate surface area is 87.9 Å². The number of hydrogen-bond donors (Lipinski definition) is 1. The maximum absolute atomic E-state index is 13.2. The summed E-state index contributed by atoms with van der Waals surface area (Å²) >= 11 is 0. The van der Waals surface area contributed by atoms with Crippen molar-refractivity contribution in [2.45, 2.75) is 12.5 Å². The Morgan fingerprint density at radius 2 is 2.07 bits per heavy atom. The molecule has 0 aromatic heterocycles. The lowest BCUT2D eigenvalue weighted by Gasteiger charge is -2.09. The molecule has 1 N–H and O–H groups in total. The van der Waals surface area contributed by atoms with E-state index in [0.29, 0.717) is 18.5 Å². The van der Waals surface area contributed by atoms with Gasteiger partial charge < -0.3 is 5.32 Å². The summed E-state index contributed by atoms with van der Waals surface area (Å²) < 4.78 is 13.2. The van der Waals surface area contributed by atoms with Crippen LogP contribution in [0.2, 0.25) is 0 Å². The van der Waals surface area contributed by atoms with E-state index in [-0.39, 0.29) is 30.0 Å².